The van der Waals surface area contributed by atoms with E-state index in [0.717, 1.165) is 16.9 Å². The van der Waals surface area contributed by atoms with Crippen molar-refractivity contribution in [2.75, 3.05) is 11.4 Å². The molecule has 4 rings (SSSR count). The van der Waals surface area contributed by atoms with Crippen LogP contribution in [-0.2, 0) is 13.1 Å². The molecule has 0 atom stereocenters. The second kappa shape index (κ2) is 7.44. The fraction of sp³-hybridized carbons (Fsp3) is 0.273. The van der Waals surface area contributed by atoms with Crippen molar-refractivity contribution in [2.45, 2.75) is 32.5 Å². The highest BCUT2D eigenvalue weighted by atomic mass is 35.5. The van der Waals surface area contributed by atoms with Gasteiger partial charge >= 0.3 is 5.97 Å². The number of nitrogens with zero attached hydrogens (tertiary/aromatic N) is 3. The predicted octanol–water partition coefficient (Wildman–Crippen LogP) is 4.46. The van der Waals surface area contributed by atoms with Gasteiger partial charge in [0.25, 0.3) is 0 Å². The first-order valence-corrected chi connectivity index (χ1v) is 9.74. The van der Waals surface area contributed by atoms with Crippen molar-refractivity contribution in [1.29, 1.82) is 0 Å². The number of carbonyl (C=O) groups is 1. The summed E-state index contributed by atoms with van der Waals surface area (Å²) in [6, 6.07) is 13.0. The minimum atomic E-state index is -0.993. The molecule has 0 radical (unpaired) electrons. The topological polar surface area (TPSA) is 67.6 Å². The van der Waals surface area contributed by atoms with Gasteiger partial charge in [0, 0.05) is 17.8 Å². The van der Waals surface area contributed by atoms with Gasteiger partial charge in [0.2, 0.25) is 0 Å². The van der Waals surface area contributed by atoms with Gasteiger partial charge in [-0.05, 0) is 43.7 Å². The lowest BCUT2D eigenvalue weighted by molar-refractivity contribution is 0.0669. The first-order chi connectivity index (χ1) is 13.8. The van der Waals surface area contributed by atoms with Crippen molar-refractivity contribution in [3.05, 3.63) is 76.8 Å². The van der Waals surface area contributed by atoms with Crippen LogP contribution in [0, 0.1) is 0 Å². The van der Waals surface area contributed by atoms with Crippen LogP contribution in [0.4, 0.5) is 5.69 Å². The third-order valence-electron chi connectivity index (χ3n) is 4.93. The molecule has 1 aliphatic rings. The molecule has 1 aromatic heterocycles. The van der Waals surface area contributed by atoms with Crippen LogP contribution in [-0.4, -0.2) is 32.8 Å². The number of para-hydroxylation sites is 1. The van der Waals surface area contributed by atoms with Crippen LogP contribution in [0.3, 0.4) is 0 Å². The number of hydrogen-bond donors (Lipinski definition) is 1. The van der Waals surface area contributed by atoms with Gasteiger partial charge in [0.15, 0.2) is 5.75 Å². The first kappa shape index (κ1) is 19.3. The number of fused-ring (bicyclic) bond motifs is 1. The van der Waals surface area contributed by atoms with Crippen LogP contribution in [0.2, 0.25) is 5.02 Å². The Kier molecular flexibility index (Phi) is 4.96. The second-order valence-corrected chi connectivity index (χ2v) is 8.25. The summed E-state index contributed by atoms with van der Waals surface area (Å²) in [4.78, 5) is 18.1. The zero-order valence-corrected chi connectivity index (χ0v) is 17.1. The van der Waals surface area contributed by atoms with Crippen molar-refractivity contribution in [1.82, 2.24) is 9.55 Å². The summed E-state index contributed by atoms with van der Waals surface area (Å²) in [5.74, 6) is -0.577. The third kappa shape index (κ3) is 4.07. The summed E-state index contributed by atoms with van der Waals surface area (Å²) >= 11 is 5.98. The van der Waals surface area contributed by atoms with Gasteiger partial charge < -0.3 is 19.3 Å². The van der Waals surface area contributed by atoms with Crippen LogP contribution in [0.1, 0.15) is 35.5 Å². The molecular formula is C22H22ClN3O3. The predicted molar refractivity (Wildman–Crippen MR) is 112 cm³/mol. The Morgan fingerprint density at radius 2 is 1.97 bits per heavy atom. The minimum absolute atomic E-state index is 0.176. The average Bonchev–Trinajstić information content (AvgIpc) is 3.09. The van der Waals surface area contributed by atoms with Crippen LogP contribution in [0.5, 0.6) is 5.75 Å². The molecule has 0 aliphatic carbocycles. The highest BCUT2D eigenvalue weighted by Gasteiger charge is 2.34. The van der Waals surface area contributed by atoms with E-state index in [1.165, 1.54) is 0 Å². The van der Waals surface area contributed by atoms with Crippen LogP contribution in [0.25, 0.3) is 0 Å². The number of imidazole rings is 1. The molecule has 7 heteroatoms. The van der Waals surface area contributed by atoms with Gasteiger partial charge in [0.1, 0.15) is 11.2 Å². The molecule has 0 amide bonds. The van der Waals surface area contributed by atoms with Gasteiger partial charge in [-0.25, -0.2) is 9.78 Å². The van der Waals surface area contributed by atoms with Gasteiger partial charge in [-0.1, -0.05) is 29.8 Å². The van der Waals surface area contributed by atoms with E-state index in [1.807, 2.05) is 56.7 Å². The Morgan fingerprint density at radius 3 is 2.69 bits per heavy atom. The highest BCUT2D eigenvalue weighted by Crippen LogP contribution is 2.40. The standard InChI is InChI=1S/C22H22ClN3O3/c1-22(2)13-25(19-5-3-4-18(21(27)28)20(19)29-22)12-17-10-24-14-26(17)11-15-6-8-16(23)9-7-15/h3-10,14H,11-13H2,1-2H3,(H,27,28). The molecular weight excluding hydrogens is 390 g/mol. The van der Waals surface area contributed by atoms with Crippen LogP contribution < -0.4 is 9.64 Å². The lowest BCUT2D eigenvalue weighted by Crippen LogP contribution is -2.47. The Hall–Kier alpha value is -2.99. The van der Waals surface area contributed by atoms with E-state index in [2.05, 4.69) is 14.5 Å². The molecule has 2 heterocycles. The summed E-state index contributed by atoms with van der Waals surface area (Å²) in [7, 11) is 0. The number of hydrogen-bond acceptors (Lipinski definition) is 4. The lowest BCUT2D eigenvalue weighted by atomic mass is 10.0. The lowest BCUT2D eigenvalue weighted by Gasteiger charge is -2.41. The summed E-state index contributed by atoms with van der Waals surface area (Å²) in [5, 5.41) is 10.3. The number of anilines is 1. The summed E-state index contributed by atoms with van der Waals surface area (Å²) < 4.78 is 8.13. The van der Waals surface area contributed by atoms with E-state index >= 15 is 0 Å². The largest absolute Gasteiger partial charge is 0.483 e. The minimum Gasteiger partial charge on any atom is -0.483 e. The van der Waals surface area contributed by atoms with Crippen molar-refractivity contribution in [3.63, 3.8) is 0 Å². The average molecular weight is 412 g/mol. The number of benzene rings is 2. The molecule has 0 saturated carbocycles. The van der Waals surface area contributed by atoms with Crippen LogP contribution >= 0.6 is 11.6 Å². The molecule has 0 spiro atoms. The molecule has 0 saturated heterocycles. The molecule has 0 unspecified atom stereocenters. The molecule has 3 aromatic rings. The van der Waals surface area contributed by atoms with E-state index in [9.17, 15) is 9.90 Å². The normalized spacial score (nSPS) is 14.9. The fourth-order valence-corrected chi connectivity index (χ4v) is 3.77. The van der Waals surface area contributed by atoms with Gasteiger partial charge in [-0.3, -0.25) is 0 Å². The number of halogens is 1. The smallest absolute Gasteiger partial charge is 0.339 e. The molecule has 2 aromatic carbocycles. The highest BCUT2D eigenvalue weighted by molar-refractivity contribution is 6.30. The molecule has 1 N–H and O–H groups in total. The summed E-state index contributed by atoms with van der Waals surface area (Å²) in [6.07, 6.45) is 3.66. The maximum absolute atomic E-state index is 11.7. The molecule has 0 bridgehead atoms. The summed E-state index contributed by atoms with van der Waals surface area (Å²) in [6.45, 7) is 5.84. The van der Waals surface area contributed by atoms with Gasteiger partial charge in [-0.15, -0.1) is 0 Å². The number of rotatable bonds is 5. The fourth-order valence-electron chi connectivity index (χ4n) is 3.65. The maximum atomic E-state index is 11.7. The third-order valence-corrected chi connectivity index (χ3v) is 5.18. The zero-order valence-electron chi connectivity index (χ0n) is 16.3. The molecule has 0 fully saturated rings. The van der Waals surface area contributed by atoms with E-state index in [-0.39, 0.29) is 5.56 Å². The first-order valence-electron chi connectivity index (χ1n) is 9.36. The van der Waals surface area contributed by atoms with E-state index < -0.39 is 11.6 Å². The van der Waals surface area contributed by atoms with Crippen molar-refractivity contribution >= 4 is 23.3 Å². The van der Waals surface area contributed by atoms with Crippen molar-refractivity contribution < 1.29 is 14.6 Å². The molecule has 6 nitrogen and oxygen atoms in total. The zero-order chi connectivity index (χ0) is 20.6. The van der Waals surface area contributed by atoms with Gasteiger partial charge in [0.05, 0.1) is 30.8 Å². The van der Waals surface area contributed by atoms with Crippen molar-refractivity contribution in [3.8, 4) is 5.75 Å². The maximum Gasteiger partial charge on any atom is 0.339 e. The van der Waals surface area contributed by atoms with Crippen molar-refractivity contribution in [2.24, 2.45) is 0 Å². The monoisotopic (exact) mass is 411 g/mol. The number of ether oxygens (including phenoxy) is 1. The Labute approximate surface area is 174 Å². The number of aromatic carboxylic acids is 1. The van der Waals surface area contributed by atoms with E-state index in [0.29, 0.717) is 30.4 Å². The molecule has 29 heavy (non-hydrogen) atoms. The Bertz CT molecular complexity index is 1040. The number of carboxylic acid groups (broad SMARTS) is 1. The van der Waals surface area contributed by atoms with Crippen LogP contribution in [0.15, 0.2) is 55.0 Å². The quantitative estimate of drug-likeness (QED) is 0.671. The second-order valence-electron chi connectivity index (χ2n) is 7.82. The molecule has 1 aliphatic heterocycles. The summed E-state index contributed by atoms with van der Waals surface area (Å²) in [5.41, 5.74) is 2.60. The SMILES string of the molecule is CC1(C)CN(Cc2cncn2Cc2ccc(Cl)cc2)c2cccc(C(=O)O)c2O1. The Morgan fingerprint density at radius 1 is 1.21 bits per heavy atom. The molecule has 150 valence electrons. The van der Waals surface area contributed by atoms with Gasteiger partial charge in [-0.2, -0.15) is 0 Å². The number of aromatic nitrogens is 2. The Balaban J connectivity index is 1.64. The van der Waals surface area contributed by atoms with E-state index in [1.54, 1.807) is 12.1 Å². The number of carboxylic acids is 1. The van der Waals surface area contributed by atoms with E-state index in [4.69, 9.17) is 16.3 Å².